The predicted octanol–water partition coefficient (Wildman–Crippen LogP) is 4.44. The highest BCUT2D eigenvalue weighted by molar-refractivity contribution is 7.89. The number of nitrogens with one attached hydrogen (secondary N) is 1. The molecule has 26 heavy (non-hydrogen) atoms. The normalized spacial score (nSPS) is 17.8. The van der Waals surface area contributed by atoms with Crippen molar-refractivity contribution in [2.24, 2.45) is 0 Å². The Kier molecular flexibility index (Phi) is 6.69. The molecule has 0 amide bonds. The van der Waals surface area contributed by atoms with Gasteiger partial charge < -0.3 is 0 Å². The molecule has 3 rings (SSSR count). The minimum absolute atomic E-state index is 0.00922. The van der Waals surface area contributed by atoms with E-state index in [1.54, 1.807) is 11.3 Å². The number of thiophene rings is 1. The number of hydrogen-bond donors (Lipinski definition) is 1. The highest BCUT2D eigenvalue weighted by Gasteiger charge is 2.25. The molecule has 8 heteroatoms. The van der Waals surface area contributed by atoms with Gasteiger partial charge in [0.1, 0.15) is 5.82 Å². The van der Waals surface area contributed by atoms with Crippen LogP contribution in [0.3, 0.4) is 0 Å². The first-order valence-corrected chi connectivity index (χ1v) is 11.5. The number of benzene rings is 1. The predicted molar refractivity (Wildman–Crippen MR) is 104 cm³/mol. The molecule has 0 radical (unpaired) electrons. The van der Waals surface area contributed by atoms with Crippen molar-refractivity contribution in [3.63, 3.8) is 0 Å². The Bertz CT molecular complexity index is 820. The molecule has 1 saturated heterocycles. The van der Waals surface area contributed by atoms with Gasteiger partial charge in [-0.3, -0.25) is 4.90 Å². The third-order valence-corrected chi connectivity index (χ3v) is 7.09. The minimum Gasteiger partial charge on any atom is -0.295 e. The van der Waals surface area contributed by atoms with Gasteiger partial charge in [-0.2, -0.15) is 11.3 Å². The summed E-state index contributed by atoms with van der Waals surface area (Å²) < 4.78 is 41.2. The smallest absolute Gasteiger partial charge is 0.240 e. The Morgan fingerprint density at radius 2 is 1.92 bits per heavy atom. The van der Waals surface area contributed by atoms with E-state index in [2.05, 4.69) is 15.0 Å². The molecule has 0 spiro atoms. The van der Waals surface area contributed by atoms with Crippen molar-refractivity contribution < 1.29 is 12.8 Å². The largest absolute Gasteiger partial charge is 0.295 e. The molecular formula is C18H22ClFN2O2S2. The second-order valence-electron chi connectivity index (χ2n) is 6.45. The van der Waals surface area contributed by atoms with E-state index in [1.807, 2.05) is 11.4 Å². The molecule has 0 unspecified atom stereocenters. The average Bonchev–Trinajstić information content (AvgIpc) is 3.00. The average molecular weight is 417 g/mol. The van der Waals surface area contributed by atoms with Gasteiger partial charge in [-0.05, 0) is 66.5 Å². The SMILES string of the molecule is O=S(=O)(NC[C@@H](c1ccsc1)N1CCCCCC1)c1ccc(F)c(Cl)c1. The zero-order valence-electron chi connectivity index (χ0n) is 14.3. The van der Waals surface area contributed by atoms with E-state index in [9.17, 15) is 12.8 Å². The third kappa shape index (κ3) is 4.84. The van der Waals surface area contributed by atoms with Gasteiger partial charge in [-0.15, -0.1) is 0 Å². The van der Waals surface area contributed by atoms with Gasteiger partial charge in [0.05, 0.1) is 9.92 Å². The summed E-state index contributed by atoms with van der Waals surface area (Å²) in [5, 5.41) is 3.88. The van der Waals surface area contributed by atoms with Crippen LogP contribution < -0.4 is 4.72 Å². The summed E-state index contributed by atoms with van der Waals surface area (Å²) in [6.07, 6.45) is 4.68. The number of halogens is 2. The molecule has 2 aromatic rings. The fraction of sp³-hybridized carbons (Fsp3) is 0.444. The maximum Gasteiger partial charge on any atom is 0.240 e. The van der Waals surface area contributed by atoms with Crippen LogP contribution in [0.4, 0.5) is 4.39 Å². The van der Waals surface area contributed by atoms with Gasteiger partial charge in [0.2, 0.25) is 10.0 Å². The topological polar surface area (TPSA) is 49.4 Å². The Balaban J connectivity index is 1.77. The summed E-state index contributed by atoms with van der Waals surface area (Å²) in [6.45, 7) is 2.20. The first-order chi connectivity index (χ1) is 12.5. The van der Waals surface area contributed by atoms with Crippen LogP contribution in [-0.4, -0.2) is 33.0 Å². The molecule has 4 nitrogen and oxygen atoms in total. The van der Waals surface area contributed by atoms with E-state index in [4.69, 9.17) is 11.6 Å². The van der Waals surface area contributed by atoms with Crippen LogP contribution in [0.2, 0.25) is 5.02 Å². The molecular weight excluding hydrogens is 395 g/mol. The van der Waals surface area contributed by atoms with E-state index in [1.165, 1.54) is 18.9 Å². The van der Waals surface area contributed by atoms with Crippen molar-refractivity contribution in [1.29, 1.82) is 0 Å². The van der Waals surface area contributed by atoms with Gasteiger partial charge in [0.25, 0.3) is 0 Å². The lowest BCUT2D eigenvalue weighted by Crippen LogP contribution is -2.38. The molecule has 0 aliphatic carbocycles. The number of hydrogen-bond acceptors (Lipinski definition) is 4. The molecule has 1 atom stereocenters. The van der Waals surface area contributed by atoms with Crippen molar-refractivity contribution in [1.82, 2.24) is 9.62 Å². The summed E-state index contributed by atoms with van der Waals surface area (Å²) >= 11 is 7.34. The molecule has 1 fully saturated rings. The fourth-order valence-corrected chi connectivity index (χ4v) is 5.26. The van der Waals surface area contributed by atoms with Gasteiger partial charge in [-0.25, -0.2) is 17.5 Å². The second kappa shape index (κ2) is 8.80. The van der Waals surface area contributed by atoms with E-state index < -0.39 is 15.8 Å². The molecule has 1 aromatic heterocycles. The number of likely N-dealkylation sites (tertiary alicyclic amines) is 1. The summed E-state index contributed by atoms with van der Waals surface area (Å²) in [5.74, 6) is -0.633. The van der Waals surface area contributed by atoms with Crippen LogP contribution in [0.5, 0.6) is 0 Å². The van der Waals surface area contributed by atoms with Crippen LogP contribution in [0.15, 0.2) is 39.9 Å². The first-order valence-electron chi connectivity index (χ1n) is 8.68. The van der Waals surface area contributed by atoms with E-state index in [0.29, 0.717) is 0 Å². The lowest BCUT2D eigenvalue weighted by molar-refractivity contribution is 0.206. The van der Waals surface area contributed by atoms with Gasteiger partial charge >= 0.3 is 0 Å². The Morgan fingerprint density at radius 1 is 1.19 bits per heavy atom. The highest BCUT2D eigenvalue weighted by Crippen LogP contribution is 2.26. The molecule has 1 aliphatic heterocycles. The molecule has 0 saturated carbocycles. The van der Waals surface area contributed by atoms with Crippen molar-refractivity contribution in [2.45, 2.75) is 36.6 Å². The number of nitrogens with zero attached hydrogens (tertiary/aromatic N) is 1. The van der Waals surface area contributed by atoms with E-state index in [0.717, 1.165) is 43.6 Å². The molecule has 0 bridgehead atoms. The first kappa shape index (κ1) is 19.8. The van der Waals surface area contributed by atoms with Crippen LogP contribution in [-0.2, 0) is 10.0 Å². The molecule has 1 N–H and O–H groups in total. The number of sulfonamides is 1. The summed E-state index contributed by atoms with van der Waals surface area (Å²) in [7, 11) is -3.76. The molecule has 1 aliphatic rings. The quantitative estimate of drug-likeness (QED) is 0.757. The Labute approximate surface area is 163 Å². The molecule has 2 heterocycles. The number of rotatable bonds is 6. The van der Waals surface area contributed by atoms with Crippen LogP contribution in [0.1, 0.15) is 37.3 Å². The second-order valence-corrected chi connectivity index (χ2v) is 9.40. The maximum absolute atomic E-state index is 13.3. The maximum atomic E-state index is 13.3. The van der Waals surface area contributed by atoms with Crippen molar-refractivity contribution >= 4 is 33.0 Å². The van der Waals surface area contributed by atoms with Crippen molar-refractivity contribution in [3.8, 4) is 0 Å². The zero-order chi connectivity index (χ0) is 18.6. The Hall–Kier alpha value is -0.990. The van der Waals surface area contributed by atoms with Gasteiger partial charge in [0.15, 0.2) is 0 Å². The third-order valence-electron chi connectivity index (χ3n) is 4.68. The van der Waals surface area contributed by atoms with Crippen LogP contribution >= 0.6 is 22.9 Å². The zero-order valence-corrected chi connectivity index (χ0v) is 16.7. The highest BCUT2D eigenvalue weighted by atomic mass is 35.5. The summed E-state index contributed by atoms with van der Waals surface area (Å²) in [4.78, 5) is 2.33. The minimum atomic E-state index is -3.76. The van der Waals surface area contributed by atoms with Gasteiger partial charge in [0, 0.05) is 12.6 Å². The van der Waals surface area contributed by atoms with Crippen molar-refractivity contribution in [2.75, 3.05) is 19.6 Å². The Morgan fingerprint density at radius 3 is 2.54 bits per heavy atom. The van der Waals surface area contributed by atoms with Gasteiger partial charge in [-0.1, -0.05) is 24.4 Å². The fourth-order valence-electron chi connectivity index (χ4n) is 3.25. The van der Waals surface area contributed by atoms with Crippen molar-refractivity contribution in [3.05, 3.63) is 51.4 Å². The molecule has 1 aromatic carbocycles. The monoisotopic (exact) mass is 416 g/mol. The summed E-state index contributed by atoms with van der Waals surface area (Å²) in [6, 6.07) is 5.48. The standard InChI is InChI=1S/C18H22ClFN2O2S2/c19-16-11-15(5-6-17(16)20)26(23,24)21-12-18(14-7-10-25-13-14)22-8-3-1-2-4-9-22/h5-7,10-11,13,18,21H,1-4,8-9,12H2/t18-/m0/s1. The van der Waals surface area contributed by atoms with E-state index in [-0.39, 0.29) is 22.5 Å². The van der Waals surface area contributed by atoms with Crippen LogP contribution in [0, 0.1) is 5.82 Å². The summed E-state index contributed by atoms with van der Waals surface area (Å²) in [5.41, 5.74) is 1.12. The molecule has 142 valence electrons. The lowest BCUT2D eigenvalue weighted by atomic mass is 10.1. The lowest BCUT2D eigenvalue weighted by Gasteiger charge is -2.30. The van der Waals surface area contributed by atoms with Crippen LogP contribution in [0.25, 0.3) is 0 Å². The van der Waals surface area contributed by atoms with E-state index >= 15 is 0 Å².